The molecule has 8 aromatic rings. The molecule has 0 amide bonds. The lowest BCUT2D eigenvalue weighted by Crippen LogP contribution is -1.89. The molecule has 4 heteroatoms. The fourth-order valence-electron chi connectivity index (χ4n) is 8.77. The van der Waals surface area contributed by atoms with Crippen LogP contribution in [0.3, 0.4) is 0 Å². The number of hydrogen-bond donors (Lipinski definition) is 0. The van der Waals surface area contributed by atoms with Crippen molar-refractivity contribution < 1.29 is 0 Å². The normalized spacial score (nSPS) is 10.1. The van der Waals surface area contributed by atoms with E-state index in [1.165, 1.54) is 67.2 Å². The summed E-state index contributed by atoms with van der Waals surface area (Å²) in [4.78, 5) is 0. The molecule has 8 aromatic carbocycles. The van der Waals surface area contributed by atoms with E-state index >= 15 is 0 Å². The molecule has 4 nitrogen and oxygen atoms in total. The molecule has 74 heavy (non-hydrogen) atoms. The van der Waals surface area contributed by atoms with E-state index in [1.54, 1.807) is 0 Å². The van der Waals surface area contributed by atoms with Gasteiger partial charge in [0.25, 0.3) is 0 Å². The summed E-state index contributed by atoms with van der Waals surface area (Å²) in [6.45, 7) is 0. The molecule has 0 aliphatic carbocycles. The predicted octanol–water partition coefficient (Wildman–Crippen LogP) is 17.4. The van der Waals surface area contributed by atoms with Gasteiger partial charge in [0, 0.05) is 24.0 Å². The van der Waals surface area contributed by atoms with Crippen molar-refractivity contribution >= 4 is 0 Å². The summed E-state index contributed by atoms with van der Waals surface area (Å²) < 4.78 is 0. The quantitative estimate of drug-likeness (QED) is 0.0632. The molecule has 0 atom stereocenters. The van der Waals surface area contributed by atoms with Crippen LogP contribution in [0, 0.1) is 69.0 Å². The molecule has 0 saturated carbocycles. The number of aryl methyl sites for hydroxylation is 2. The number of hydrogen-bond acceptors (Lipinski definition) is 4. The summed E-state index contributed by atoms with van der Waals surface area (Å²) in [5.41, 5.74) is 16.4. The maximum Gasteiger partial charge on any atom is 0.0991 e. The zero-order valence-electron chi connectivity index (χ0n) is 42.2. The zero-order chi connectivity index (χ0) is 51.4. The van der Waals surface area contributed by atoms with E-state index in [0.29, 0.717) is 22.3 Å². The van der Waals surface area contributed by atoms with Crippen LogP contribution in [0.5, 0.6) is 0 Å². The summed E-state index contributed by atoms with van der Waals surface area (Å²) in [6, 6.07) is 73.6. The first-order valence-electron chi connectivity index (χ1n) is 25.9. The molecule has 0 saturated heterocycles. The highest BCUT2D eigenvalue weighted by Crippen LogP contribution is 2.25. The highest BCUT2D eigenvalue weighted by atomic mass is 14.2. The molecule has 0 aliphatic heterocycles. The Hall–Kier alpha value is -9.16. The molecule has 0 aliphatic rings. The molecule has 0 spiro atoms. The summed E-state index contributed by atoms with van der Waals surface area (Å²) in [5.74, 6) is 13.0. The van der Waals surface area contributed by atoms with E-state index in [-0.39, 0.29) is 0 Å². The Morgan fingerprint density at radius 1 is 0.243 bits per heavy atom. The average Bonchev–Trinajstić information content (AvgIpc) is 3.47. The van der Waals surface area contributed by atoms with Crippen LogP contribution in [0.4, 0.5) is 0 Å². The maximum atomic E-state index is 9.10. The highest BCUT2D eigenvalue weighted by Gasteiger charge is 2.04. The number of benzene rings is 8. The second-order valence-corrected chi connectivity index (χ2v) is 18.5. The fourth-order valence-corrected chi connectivity index (χ4v) is 8.77. The van der Waals surface area contributed by atoms with Gasteiger partial charge >= 0.3 is 0 Å². The van der Waals surface area contributed by atoms with E-state index in [9.17, 15) is 0 Å². The predicted molar refractivity (Wildman–Crippen MR) is 303 cm³/mol. The van der Waals surface area contributed by atoms with Gasteiger partial charge in [0.05, 0.1) is 46.5 Å². The van der Waals surface area contributed by atoms with Gasteiger partial charge in [-0.3, -0.25) is 0 Å². The first kappa shape index (κ1) is 52.7. The number of nitrogens with zero attached hydrogens (tertiary/aromatic N) is 4. The van der Waals surface area contributed by atoms with Gasteiger partial charge in [0.15, 0.2) is 0 Å². The van der Waals surface area contributed by atoms with Gasteiger partial charge in [-0.1, -0.05) is 184 Å². The minimum atomic E-state index is 0.668. The fraction of sp³-hybridized carbons (Fsp3) is 0.200. The monoisotopic (exact) mass is 956 g/mol. The third kappa shape index (κ3) is 17.0. The van der Waals surface area contributed by atoms with E-state index in [2.05, 4.69) is 133 Å². The lowest BCUT2D eigenvalue weighted by Gasteiger charge is -2.06. The maximum absolute atomic E-state index is 9.10. The topological polar surface area (TPSA) is 95.2 Å². The Morgan fingerprint density at radius 2 is 0.514 bits per heavy atom. The summed E-state index contributed by atoms with van der Waals surface area (Å²) in [6.07, 6.45) is 16.3. The number of nitriles is 4. The Kier molecular flexibility index (Phi) is 20.8. The van der Waals surface area contributed by atoms with Gasteiger partial charge in [-0.05, 0) is 167 Å². The Labute approximate surface area is 439 Å². The minimum Gasteiger partial charge on any atom is -0.192 e. The van der Waals surface area contributed by atoms with Crippen molar-refractivity contribution in [2.75, 3.05) is 0 Å². The van der Waals surface area contributed by atoms with Gasteiger partial charge in [0.2, 0.25) is 0 Å². The average molecular weight is 957 g/mol. The Balaban J connectivity index is 0.000000216. The van der Waals surface area contributed by atoms with Crippen molar-refractivity contribution in [1.29, 1.82) is 21.0 Å². The van der Waals surface area contributed by atoms with Crippen LogP contribution in [0.15, 0.2) is 194 Å². The van der Waals surface area contributed by atoms with Crippen LogP contribution < -0.4 is 0 Å². The van der Waals surface area contributed by atoms with E-state index in [0.717, 1.165) is 89.5 Å². The third-order valence-corrected chi connectivity index (χ3v) is 13.0. The summed E-state index contributed by atoms with van der Waals surface area (Å²) in [5, 5.41) is 36.3. The second-order valence-electron chi connectivity index (χ2n) is 18.5. The molecule has 8 rings (SSSR count). The van der Waals surface area contributed by atoms with E-state index < -0.39 is 0 Å². The largest absolute Gasteiger partial charge is 0.192 e. The molecule has 0 unspecified atom stereocenters. The van der Waals surface area contributed by atoms with Crippen molar-refractivity contribution in [3.63, 3.8) is 0 Å². The van der Waals surface area contributed by atoms with E-state index in [4.69, 9.17) is 21.0 Å². The number of unbranched alkanes of at least 4 members (excludes halogenated alkanes) is 10. The van der Waals surface area contributed by atoms with Gasteiger partial charge in [-0.25, -0.2) is 0 Å². The lowest BCUT2D eigenvalue weighted by atomic mass is 9.99. The van der Waals surface area contributed by atoms with Crippen LogP contribution in [0.25, 0.3) is 44.5 Å². The van der Waals surface area contributed by atoms with Crippen molar-refractivity contribution in [3.05, 3.63) is 239 Å². The molecule has 360 valence electrons. The molecule has 0 N–H and O–H groups in total. The minimum absolute atomic E-state index is 0.668. The van der Waals surface area contributed by atoms with Crippen molar-refractivity contribution in [2.24, 2.45) is 0 Å². The van der Waals surface area contributed by atoms with Crippen molar-refractivity contribution in [3.8, 4) is 92.5 Å². The first-order chi connectivity index (χ1) is 36.5. The first-order valence-corrected chi connectivity index (χ1v) is 25.9. The molecule has 0 radical (unpaired) electrons. The highest BCUT2D eigenvalue weighted by molar-refractivity contribution is 5.68. The summed E-state index contributed by atoms with van der Waals surface area (Å²) in [7, 11) is 0. The van der Waals surface area contributed by atoms with Crippen LogP contribution >= 0.6 is 0 Å². The zero-order valence-corrected chi connectivity index (χ0v) is 42.2. The van der Waals surface area contributed by atoms with Gasteiger partial charge in [0.1, 0.15) is 0 Å². The van der Waals surface area contributed by atoms with Crippen LogP contribution in [-0.2, 0) is 12.8 Å². The van der Waals surface area contributed by atoms with Crippen LogP contribution in [0.1, 0.15) is 122 Å². The number of rotatable bonds is 18. The van der Waals surface area contributed by atoms with Crippen molar-refractivity contribution in [2.45, 2.75) is 89.9 Å². The van der Waals surface area contributed by atoms with Crippen LogP contribution in [0.2, 0.25) is 0 Å². The van der Waals surface area contributed by atoms with Gasteiger partial charge in [-0.2, -0.15) is 21.0 Å². The molecule has 0 aromatic heterocycles. The van der Waals surface area contributed by atoms with Crippen molar-refractivity contribution in [1.82, 2.24) is 0 Å². The van der Waals surface area contributed by atoms with Crippen LogP contribution in [-0.4, -0.2) is 0 Å². The third-order valence-electron chi connectivity index (χ3n) is 13.0. The molecular formula is C70H60N4. The second kappa shape index (κ2) is 29.2. The lowest BCUT2D eigenvalue weighted by molar-refractivity contribution is 0.579. The smallest absolute Gasteiger partial charge is 0.0991 e. The molecule has 0 fully saturated rings. The van der Waals surface area contributed by atoms with Gasteiger partial charge in [-0.15, -0.1) is 0 Å². The van der Waals surface area contributed by atoms with Gasteiger partial charge < -0.3 is 0 Å². The van der Waals surface area contributed by atoms with E-state index in [1.807, 2.05) is 109 Å². The standard InChI is InChI=1S/C35H34N2.C35H26N2/c2*36-26-30-12-8-14-34(24-30)32-20-16-28(17-21-32)10-6-4-2-1-3-5-7-11-29-18-22-33(23-19-29)35-15-9-13-31(25-35)27-37/h8-9,12-25H,1-7,10-11H2;8-9,12-25H,1-5H2. The summed E-state index contributed by atoms with van der Waals surface area (Å²) >= 11 is 0. The molecular weight excluding hydrogens is 897 g/mol. The molecule has 0 heterocycles. The molecule has 0 bridgehead atoms. The Morgan fingerprint density at radius 3 is 0.811 bits per heavy atom. The Bertz CT molecular complexity index is 3140. The SMILES string of the molecule is N#Cc1cccc(-c2ccc(C#CCCCCCC#Cc3ccc(-c4cccc(C#N)c4)cc3)cc2)c1.N#Cc1cccc(-c2ccc(CCCCCCCCCc3ccc(-c4cccc(C#N)c4)cc3)cc2)c1.